The van der Waals surface area contributed by atoms with Crippen molar-refractivity contribution in [2.45, 2.75) is 25.7 Å². The predicted octanol–water partition coefficient (Wildman–Crippen LogP) is 4.47. The van der Waals surface area contributed by atoms with Gasteiger partial charge in [-0.2, -0.15) is 0 Å². The second-order valence-electron chi connectivity index (χ2n) is 8.02. The summed E-state index contributed by atoms with van der Waals surface area (Å²) < 4.78 is 11.6. The van der Waals surface area contributed by atoms with Crippen LogP contribution in [0.1, 0.15) is 36.8 Å². The molecule has 2 rings (SSSR count). The Balaban J connectivity index is 1.91. The molecule has 4 nitrogen and oxygen atoms in total. The molecule has 0 saturated carbocycles. The van der Waals surface area contributed by atoms with E-state index in [0.29, 0.717) is 25.0 Å². The van der Waals surface area contributed by atoms with Crippen LogP contribution >= 0.6 is 0 Å². The molecule has 0 radical (unpaired) electrons. The van der Waals surface area contributed by atoms with Crippen LogP contribution in [0.4, 0.5) is 0 Å². The highest BCUT2D eigenvalue weighted by Crippen LogP contribution is 2.33. The summed E-state index contributed by atoms with van der Waals surface area (Å²) in [6.07, 6.45) is 0. The van der Waals surface area contributed by atoms with Gasteiger partial charge in [0.05, 0.1) is 0 Å². The van der Waals surface area contributed by atoms with Crippen molar-refractivity contribution in [2.24, 2.45) is 0 Å². The highest BCUT2D eigenvalue weighted by atomic mass is 16.5. The quantitative estimate of drug-likeness (QED) is 0.570. The molecule has 0 aliphatic carbocycles. The van der Waals surface area contributed by atoms with Gasteiger partial charge in [0, 0.05) is 13.1 Å². The third kappa shape index (κ3) is 7.17. The normalized spacial score (nSPS) is 13.6. The summed E-state index contributed by atoms with van der Waals surface area (Å²) in [4.78, 5) is 4.24. The number of likely N-dealkylation sites (N-methyl/N-ethyl adjacent to an activating group) is 2. The average Bonchev–Trinajstić information content (AvgIpc) is 2.67. The van der Waals surface area contributed by atoms with Crippen molar-refractivity contribution in [3.05, 3.63) is 59.7 Å². The molecule has 2 unspecified atom stereocenters. The molecule has 28 heavy (non-hydrogen) atoms. The van der Waals surface area contributed by atoms with E-state index in [1.165, 1.54) is 11.1 Å². The number of ether oxygens (including phenoxy) is 2. The smallest absolute Gasteiger partial charge is 0.119 e. The molecule has 2 atom stereocenters. The van der Waals surface area contributed by atoms with Crippen molar-refractivity contribution < 1.29 is 9.47 Å². The third-order valence-electron chi connectivity index (χ3n) is 5.18. The first-order chi connectivity index (χ1) is 13.4. The van der Waals surface area contributed by atoms with Gasteiger partial charge in [-0.15, -0.1) is 0 Å². The Bertz CT molecular complexity index is 619. The molecule has 154 valence electrons. The third-order valence-corrected chi connectivity index (χ3v) is 5.18. The Morgan fingerprint density at radius 2 is 0.929 bits per heavy atom. The van der Waals surface area contributed by atoms with Gasteiger partial charge in [-0.05, 0) is 75.4 Å². The van der Waals surface area contributed by atoms with Gasteiger partial charge in [-0.3, -0.25) is 0 Å². The monoisotopic (exact) mass is 384 g/mol. The van der Waals surface area contributed by atoms with Gasteiger partial charge in [0.2, 0.25) is 0 Å². The molecule has 0 fully saturated rings. The molecular formula is C24H36N2O2. The lowest BCUT2D eigenvalue weighted by atomic mass is 9.84. The fourth-order valence-electron chi connectivity index (χ4n) is 3.00. The van der Waals surface area contributed by atoms with Gasteiger partial charge < -0.3 is 19.3 Å². The lowest BCUT2D eigenvalue weighted by Gasteiger charge is -2.21. The Kier molecular flexibility index (Phi) is 8.81. The van der Waals surface area contributed by atoms with Crippen molar-refractivity contribution in [3.8, 4) is 11.5 Å². The number of nitrogens with zero attached hydrogens (tertiary/aromatic N) is 2. The van der Waals surface area contributed by atoms with E-state index in [1.807, 2.05) is 0 Å². The van der Waals surface area contributed by atoms with E-state index in [0.717, 1.165) is 24.6 Å². The molecule has 0 aromatic heterocycles. The van der Waals surface area contributed by atoms with Crippen LogP contribution in [-0.2, 0) is 0 Å². The Morgan fingerprint density at radius 3 is 1.21 bits per heavy atom. The van der Waals surface area contributed by atoms with Gasteiger partial charge in [0.25, 0.3) is 0 Å². The zero-order valence-electron chi connectivity index (χ0n) is 18.3. The van der Waals surface area contributed by atoms with Crippen LogP contribution in [-0.4, -0.2) is 64.3 Å². The maximum atomic E-state index is 5.80. The molecule has 0 spiro atoms. The topological polar surface area (TPSA) is 24.9 Å². The van der Waals surface area contributed by atoms with Crippen LogP contribution in [0.3, 0.4) is 0 Å². The van der Waals surface area contributed by atoms with Gasteiger partial charge in [0.15, 0.2) is 0 Å². The van der Waals surface area contributed by atoms with Gasteiger partial charge >= 0.3 is 0 Å². The predicted molar refractivity (Wildman–Crippen MR) is 118 cm³/mol. The van der Waals surface area contributed by atoms with E-state index >= 15 is 0 Å². The number of hydrogen-bond donors (Lipinski definition) is 0. The largest absolute Gasteiger partial charge is 0.492 e. The lowest BCUT2D eigenvalue weighted by Crippen LogP contribution is -2.19. The summed E-state index contributed by atoms with van der Waals surface area (Å²) in [7, 11) is 8.21. The summed E-state index contributed by atoms with van der Waals surface area (Å²) in [5, 5.41) is 0. The average molecular weight is 385 g/mol. The van der Waals surface area contributed by atoms with Crippen LogP contribution in [0.15, 0.2) is 48.5 Å². The molecule has 2 aromatic carbocycles. The highest BCUT2D eigenvalue weighted by molar-refractivity contribution is 5.34. The van der Waals surface area contributed by atoms with Gasteiger partial charge in [-0.25, -0.2) is 0 Å². The van der Waals surface area contributed by atoms with Gasteiger partial charge in [0.1, 0.15) is 24.7 Å². The summed E-state index contributed by atoms with van der Waals surface area (Å²) in [6, 6.07) is 17.1. The fraction of sp³-hybridized carbons (Fsp3) is 0.500. The number of hydrogen-bond acceptors (Lipinski definition) is 4. The van der Waals surface area contributed by atoms with Crippen molar-refractivity contribution in [1.82, 2.24) is 9.80 Å². The van der Waals surface area contributed by atoms with E-state index in [4.69, 9.17) is 9.47 Å². The first-order valence-electron chi connectivity index (χ1n) is 10.1. The zero-order chi connectivity index (χ0) is 20.5. The molecule has 0 amide bonds. The van der Waals surface area contributed by atoms with Crippen molar-refractivity contribution >= 4 is 0 Å². The summed E-state index contributed by atoms with van der Waals surface area (Å²) in [5.41, 5.74) is 2.66. The summed E-state index contributed by atoms with van der Waals surface area (Å²) in [6.45, 7) is 7.83. The minimum absolute atomic E-state index is 0.427. The minimum Gasteiger partial charge on any atom is -0.492 e. The highest BCUT2D eigenvalue weighted by Gasteiger charge is 2.16. The minimum atomic E-state index is 0.427. The van der Waals surface area contributed by atoms with Crippen LogP contribution < -0.4 is 9.47 Å². The molecular weight excluding hydrogens is 348 g/mol. The SMILES string of the molecule is CC(c1ccc(OCCN(C)C)cc1)C(C)c1ccc(OCCN(C)C)cc1. The Labute approximate surface area is 171 Å². The standard InChI is InChI=1S/C24H36N2O2/c1-19(21-7-11-23(12-8-21)27-17-15-25(3)4)20(2)22-9-13-24(14-10-22)28-18-16-26(5)6/h7-14,19-20H,15-18H2,1-6H3. The molecule has 0 aliphatic rings. The van der Waals surface area contributed by atoms with Crippen LogP contribution in [0.25, 0.3) is 0 Å². The van der Waals surface area contributed by atoms with Crippen LogP contribution in [0.5, 0.6) is 11.5 Å². The van der Waals surface area contributed by atoms with Crippen LogP contribution in [0, 0.1) is 0 Å². The van der Waals surface area contributed by atoms with Crippen molar-refractivity contribution in [3.63, 3.8) is 0 Å². The van der Waals surface area contributed by atoms with Crippen molar-refractivity contribution in [1.29, 1.82) is 0 Å². The maximum absolute atomic E-state index is 5.80. The van der Waals surface area contributed by atoms with E-state index in [-0.39, 0.29) is 0 Å². The molecule has 0 aliphatic heterocycles. The van der Waals surface area contributed by atoms with E-state index in [2.05, 4.69) is 100 Å². The maximum Gasteiger partial charge on any atom is 0.119 e. The van der Waals surface area contributed by atoms with Crippen molar-refractivity contribution in [2.75, 3.05) is 54.5 Å². The molecule has 2 aromatic rings. The summed E-state index contributed by atoms with van der Waals surface area (Å²) in [5.74, 6) is 2.72. The van der Waals surface area contributed by atoms with E-state index < -0.39 is 0 Å². The van der Waals surface area contributed by atoms with Crippen LogP contribution in [0.2, 0.25) is 0 Å². The molecule has 0 saturated heterocycles. The lowest BCUT2D eigenvalue weighted by molar-refractivity contribution is 0.261. The number of rotatable bonds is 11. The number of benzene rings is 2. The molecule has 0 heterocycles. The second-order valence-corrected chi connectivity index (χ2v) is 8.02. The Hall–Kier alpha value is -2.04. The molecule has 4 heteroatoms. The Morgan fingerprint density at radius 1 is 0.607 bits per heavy atom. The summed E-state index contributed by atoms with van der Waals surface area (Å²) >= 11 is 0. The van der Waals surface area contributed by atoms with E-state index in [1.54, 1.807) is 0 Å². The zero-order valence-corrected chi connectivity index (χ0v) is 18.3. The second kappa shape index (κ2) is 11.1. The molecule has 0 N–H and O–H groups in total. The first-order valence-corrected chi connectivity index (χ1v) is 10.1. The van der Waals surface area contributed by atoms with Gasteiger partial charge in [-0.1, -0.05) is 38.1 Å². The molecule has 0 bridgehead atoms. The first kappa shape index (κ1) is 22.3. The van der Waals surface area contributed by atoms with E-state index in [9.17, 15) is 0 Å². The fourth-order valence-corrected chi connectivity index (χ4v) is 3.00.